The van der Waals surface area contributed by atoms with Crippen LogP contribution in [0.2, 0.25) is 0 Å². The first-order valence-electron chi connectivity index (χ1n) is 6.35. The molecule has 0 aliphatic carbocycles. The Bertz CT molecular complexity index is 365. The highest BCUT2D eigenvalue weighted by Gasteiger charge is 2.16. The van der Waals surface area contributed by atoms with E-state index in [9.17, 15) is 0 Å². The lowest BCUT2D eigenvalue weighted by atomic mass is 9.88. The second kappa shape index (κ2) is 5.05. The Morgan fingerprint density at radius 1 is 1.24 bits per heavy atom. The van der Waals surface area contributed by atoms with Gasteiger partial charge in [0.25, 0.3) is 0 Å². The average Bonchev–Trinajstić information content (AvgIpc) is 2.29. The Morgan fingerprint density at radius 2 is 1.94 bits per heavy atom. The van der Waals surface area contributed by atoms with Gasteiger partial charge in [-0.05, 0) is 29.9 Å². The van der Waals surface area contributed by atoms with E-state index in [0.29, 0.717) is 6.04 Å². The van der Waals surface area contributed by atoms with Gasteiger partial charge >= 0.3 is 0 Å². The molecule has 94 valence electrons. The van der Waals surface area contributed by atoms with E-state index in [1.807, 2.05) is 12.4 Å². The zero-order valence-corrected chi connectivity index (χ0v) is 11.0. The van der Waals surface area contributed by atoms with E-state index in [-0.39, 0.29) is 5.41 Å². The summed E-state index contributed by atoms with van der Waals surface area (Å²) in [6, 6.07) is 2.74. The van der Waals surface area contributed by atoms with Gasteiger partial charge < -0.3 is 10.1 Å². The molecule has 1 aliphatic rings. The van der Waals surface area contributed by atoms with Gasteiger partial charge in [0.15, 0.2) is 0 Å². The first kappa shape index (κ1) is 12.4. The quantitative estimate of drug-likeness (QED) is 0.854. The summed E-state index contributed by atoms with van der Waals surface area (Å²) in [6.07, 6.45) is 6.03. The van der Waals surface area contributed by atoms with Gasteiger partial charge in [-0.3, -0.25) is 4.98 Å². The number of pyridine rings is 1. The third-order valence-electron chi connectivity index (χ3n) is 3.20. The number of nitrogens with one attached hydrogen (secondary N) is 1. The van der Waals surface area contributed by atoms with Crippen LogP contribution in [-0.4, -0.2) is 24.2 Å². The standard InChI is InChI=1S/C14H22N2O/c1-14(2,3)11-8-13(10-15-9-11)16-12-4-6-17-7-5-12/h8-10,12,16H,4-7H2,1-3H3. The molecule has 0 atom stereocenters. The van der Waals surface area contributed by atoms with Crippen molar-refractivity contribution >= 4 is 5.69 Å². The molecule has 1 aromatic rings. The highest BCUT2D eigenvalue weighted by atomic mass is 16.5. The first-order valence-corrected chi connectivity index (χ1v) is 6.35. The zero-order valence-electron chi connectivity index (χ0n) is 11.0. The van der Waals surface area contributed by atoms with Gasteiger partial charge in [-0.15, -0.1) is 0 Å². The molecule has 1 N–H and O–H groups in total. The molecule has 3 nitrogen and oxygen atoms in total. The molecule has 0 unspecified atom stereocenters. The largest absolute Gasteiger partial charge is 0.381 e. The van der Waals surface area contributed by atoms with Crippen LogP contribution in [0.5, 0.6) is 0 Å². The Hall–Kier alpha value is -1.09. The summed E-state index contributed by atoms with van der Waals surface area (Å²) in [5, 5.41) is 3.55. The van der Waals surface area contributed by atoms with Crippen molar-refractivity contribution in [1.82, 2.24) is 4.98 Å². The Morgan fingerprint density at radius 3 is 2.59 bits per heavy atom. The minimum Gasteiger partial charge on any atom is -0.381 e. The van der Waals surface area contributed by atoms with Gasteiger partial charge in [-0.2, -0.15) is 0 Å². The third kappa shape index (κ3) is 3.43. The maximum atomic E-state index is 5.36. The Labute approximate surface area is 104 Å². The minimum absolute atomic E-state index is 0.153. The van der Waals surface area contributed by atoms with Crippen LogP contribution in [0.15, 0.2) is 18.5 Å². The SMILES string of the molecule is CC(C)(C)c1cncc(NC2CCOCC2)c1. The first-order chi connectivity index (χ1) is 8.05. The summed E-state index contributed by atoms with van der Waals surface area (Å²) in [7, 11) is 0. The van der Waals surface area contributed by atoms with Gasteiger partial charge in [0.05, 0.1) is 5.69 Å². The summed E-state index contributed by atoms with van der Waals surface area (Å²) in [5.41, 5.74) is 2.55. The van der Waals surface area contributed by atoms with Crippen molar-refractivity contribution in [2.75, 3.05) is 18.5 Å². The third-order valence-corrected chi connectivity index (χ3v) is 3.20. The zero-order chi connectivity index (χ0) is 12.3. The predicted molar refractivity (Wildman–Crippen MR) is 70.4 cm³/mol. The van der Waals surface area contributed by atoms with E-state index < -0.39 is 0 Å². The second-order valence-corrected chi connectivity index (χ2v) is 5.74. The van der Waals surface area contributed by atoms with Crippen molar-refractivity contribution in [3.8, 4) is 0 Å². The number of rotatable bonds is 2. The molecular formula is C14H22N2O. The molecule has 17 heavy (non-hydrogen) atoms. The van der Waals surface area contributed by atoms with E-state index >= 15 is 0 Å². The van der Waals surface area contributed by atoms with Gasteiger partial charge in [0, 0.05) is 31.6 Å². The van der Waals surface area contributed by atoms with Crippen LogP contribution >= 0.6 is 0 Å². The van der Waals surface area contributed by atoms with Gasteiger partial charge in [0.2, 0.25) is 0 Å². The molecule has 0 aromatic carbocycles. The molecule has 0 saturated carbocycles. The molecule has 1 aromatic heterocycles. The molecule has 0 radical (unpaired) electrons. The van der Waals surface area contributed by atoms with Crippen LogP contribution in [-0.2, 0) is 10.2 Å². The molecular weight excluding hydrogens is 212 g/mol. The Kier molecular flexibility index (Phi) is 3.67. The van der Waals surface area contributed by atoms with Crippen LogP contribution in [0, 0.1) is 0 Å². The molecule has 1 fully saturated rings. The monoisotopic (exact) mass is 234 g/mol. The van der Waals surface area contributed by atoms with Crippen molar-refractivity contribution in [3.05, 3.63) is 24.0 Å². The molecule has 2 heterocycles. The summed E-state index contributed by atoms with van der Waals surface area (Å²) in [5.74, 6) is 0. The highest BCUT2D eigenvalue weighted by Crippen LogP contribution is 2.24. The van der Waals surface area contributed by atoms with Crippen LogP contribution in [0.25, 0.3) is 0 Å². The molecule has 1 saturated heterocycles. The van der Waals surface area contributed by atoms with Crippen molar-refractivity contribution in [3.63, 3.8) is 0 Å². The number of anilines is 1. The fraction of sp³-hybridized carbons (Fsp3) is 0.643. The van der Waals surface area contributed by atoms with Crippen molar-refractivity contribution in [2.45, 2.75) is 45.1 Å². The smallest absolute Gasteiger partial charge is 0.0531 e. The average molecular weight is 234 g/mol. The van der Waals surface area contributed by atoms with Crippen LogP contribution in [0.1, 0.15) is 39.2 Å². The van der Waals surface area contributed by atoms with E-state index in [1.54, 1.807) is 0 Å². The maximum absolute atomic E-state index is 5.36. The van der Waals surface area contributed by atoms with E-state index in [4.69, 9.17) is 4.74 Å². The molecule has 0 bridgehead atoms. The number of ether oxygens (including phenoxy) is 1. The number of hydrogen-bond acceptors (Lipinski definition) is 3. The van der Waals surface area contributed by atoms with Crippen LogP contribution < -0.4 is 5.32 Å². The maximum Gasteiger partial charge on any atom is 0.0531 e. The molecule has 1 aliphatic heterocycles. The summed E-state index contributed by atoms with van der Waals surface area (Å²) < 4.78 is 5.36. The predicted octanol–water partition coefficient (Wildman–Crippen LogP) is 2.97. The van der Waals surface area contributed by atoms with Crippen LogP contribution in [0.4, 0.5) is 5.69 Å². The van der Waals surface area contributed by atoms with Gasteiger partial charge in [-0.25, -0.2) is 0 Å². The van der Waals surface area contributed by atoms with Gasteiger partial charge in [0.1, 0.15) is 0 Å². The van der Waals surface area contributed by atoms with E-state index in [0.717, 1.165) is 31.7 Å². The normalized spacial score (nSPS) is 18.1. The minimum atomic E-state index is 0.153. The van der Waals surface area contributed by atoms with Crippen molar-refractivity contribution in [1.29, 1.82) is 0 Å². The van der Waals surface area contributed by atoms with Crippen molar-refractivity contribution in [2.24, 2.45) is 0 Å². The second-order valence-electron chi connectivity index (χ2n) is 5.74. The molecule has 0 spiro atoms. The lowest BCUT2D eigenvalue weighted by molar-refractivity contribution is 0.0904. The summed E-state index contributed by atoms with van der Waals surface area (Å²) in [4.78, 5) is 4.32. The number of hydrogen-bond donors (Lipinski definition) is 1. The summed E-state index contributed by atoms with van der Waals surface area (Å²) in [6.45, 7) is 8.36. The molecule has 0 amide bonds. The Balaban J connectivity index is 2.05. The number of nitrogens with zero attached hydrogens (tertiary/aromatic N) is 1. The topological polar surface area (TPSA) is 34.2 Å². The lowest BCUT2D eigenvalue weighted by Gasteiger charge is -2.25. The van der Waals surface area contributed by atoms with E-state index in [1.165, 1.54) is 5.56 Å². The highest BCUT2D eigenvalue weighted by molar-refractivity contribution is 5.45. The van der Waals surface area contributed by atoms with E-state index in [2.05, 4.69) is 37.1 Å². The lowest BCUT2D eigenvalue weighted by Crippen LogP contribution is -2.28. The molecule has 3 heteroatoms. The number of aromatic nitrogens is 1. The summed E-state index contributed by atoms with van der Waals surface area (Å²) >= 11 is 0. The van der Waals surface area contributed by atoms with Crippen molar-refractivity contribution < 1.29 is 4.74 Å². The fourth-order valence-corrected chi connectivity index (χ4v) is 2.01. The van der Waals surface area contributed by atoms with Crippen LogP contribution in [0.3, 0.4) is 0 Å². The molecule has 2 rings (SSSR count). The van der Waals surface area contributed by atoms with Gasteiger partial charge in [-0.1, -0.05) is 20.8 Å². The fourth-order valence-electron chi connectivity index (χ4n) is 2.01.